The van der Waals surface area contributed by atoms with Crippen LogP contribution in [0.1, 0.15) is 36.9 Å². The van der Waals surface area contributed by atoms with Gasteiger partial charge in [-0.15, -0.1) is 5.10 Å². The zero-order valence-electron chi connectivity index (χ0n) is 9.67. The summed E-state index contributed by atoms with van der Waals surface area (Å²) in [6.07, 6.45) is 3.38. The highest BCUT2D eigenvalue weighted by atomic mass is 16.5. The summed E-state index contributed by atoms with van der Waals surface area (Å²) in [5, 5.41) is 4.51. The molecule has 17 heavy (non-hydrogen) atoms. The third-order valence-electron chi connectivity index (χ3n) is 3.13. The monoisotopic (exact) mass is 232 g/mol. The van der Waals surface area contributed by atoms with Gasteiger partial charge in [0.25, 0.3) is 0 Å². The topological polar surface area (TPSA) is 65.4 Å². The molecule has 3 rings (SSSR count). The number of hydrogen-bond acceptors (Lipinski definition) is 4. The smallest absolute Gasteiger partial charge is 0.180 e. The second kappa shape index (κ2) is 4.43. The Morgan fingerprint density at radius 3 is 3.12 bits per heavy atom. The summed E-state index contributed by atoms with van der Waals surface area (Å²) < 4.78 is 7.51. The van der Waals surface area contributed by atoms with Crippen molar-refractivity contribution in [2.75, 3.05) is 6.61 Å². The standard InChI is InChI=1S/C12H16N4O/c13-8-9-4-3-6-11-14-12(15-16(9)11)10-5-1-2-7-17-10/h3-4,6,10H,1-2,5,7-8,13H2. The van der Waals surface area contributed by atoms with E-state index in [1.165, 1.54) is 6.42 Å². The van der Waals surface area contributed by atoms with Gasteiger partial charge >= 0.3 is 0 Å². The largest absolute Gasteiger partial charge is 0.370 e. The molecule has 1 aliphatic rings. The Morgan fingerprint density at radius 2 is 2.35 bits per heavy atom. The minimum atomic E-state index is 0.0503. The van der Waals surface area contributed by atoms with E-state index in [4.69, 9.17) is 10.5 Å². The maximum atomic E-state index is 5.70. The van der Waals surface area contributed by atoms with Crippen molar-refractivity contribution < 1.29 is 4.74 Å². The fourth-order valence-electron chi connectivity index (χ4n) is 2.21. The van der Waals surface area contributed by atoms with Gasteiger partial charge in [0.2, 0.25) is 0 Å². The SMILES string of the molecule is NCc1cccc2nc(C3CCCCO3)nn12. The molecule has 0 bridgehead atoms. The molecular weight excluding hydrogens is 216 g/mol. The van der Waals surface area contributed by atoms with E-state index in [-0.39, 0.29) is 6.10 Å². The second-order valence-electron chi connectivity index (χ2n) is 4.32. The summed E-state index contributed by atoms with van der Waals surface area (Å²) in [6.45, 7) is 1.27. The van der Waals surface area contributed by atoms with Crippen LogP contribution in [0, 0.1) is 0 Å². The van der Waals surface area contributed by atoms with E-state index in [2.05, 4.69) is 10.1 Å². The van der Waals surface area contributed by atoms with Gasteiger partial charge < -0.3 is 10.5 Å². The summed E-state index contributed by atoms with van der Waals surface area (Å²) >= 11 is 0. The number of nitrogens with zero attached hydrogens (tertiary/aromatic N) is 3. The molecule has 2 aromatic rings. The second-order valence-corrected chi connectivity index (χ2v) is 4.32. The maximum Gasteiger partial charge on any atom is 0.180 e. The van der Waals surface area contributed by atoms with Crippen LogP contribution in [0.3, 0.4) is 0 Å². The maximum absolute atomic E-state index is 5.70. The van der Waals surface area contributed by atoms with Gasteiger partial charge in [-0.3, -0.25) is 0 Å². The van der Waals surface area contributed by atoms with E-state index in [0.717, 1.165) is 36.6 Å². The molecule has 0 spiro atoms. The van der Waals surface area contributed by atoms with Crippen molar-refractivity contribution >= 4 is 5.65 Å². The van der Waals surface area contributed by atoms with Crippen molar-refractivity contribution in [3.8, 4) is 0 Å². The Labute approximate surface area is 99.6 Å². The summed E-state index contributed by atoms with van der Waals surface area (Å²) in [7, 11) is 0. The van der Waals surface area contributed by atoms with E-state index in [0.29, 0.717) is 6.54 Å². The molecule has 0 amide bonds. The van der Waals surface area contributed by atoms with Crippen molar-refractivity contribution in [2.45, 2.75) is 31.9 Å². The average Bonchev–Trinajstić information content (AvgIpc) is 2.83. The average molecular weight is 232 g/mol. The lowest BCUT2D eigenvalue weighted by Crippen LogP contribution is -2.13. The van der Waals surface area contributed by atoms with E-state index in [1.54, 1.807) is 0 Å². The lowest BCUT2D eigenvalue weighted by Gasteiger charge is -2.19. The number of nitrogens with two attached hydrogens (primary N) is 1. The van der Waals surface area contributed by atoms with Gasteiger partial charge in [-0.05, 0) is 31.4 Å². The fourth-order valence-corrected chi connectivity index (χ4v) is 2.21. The lowest BCUT2D eigenvalue weighted by atomic mass is 10.1. The number of hydrogen-bond donors (Lipinski definition) is 1. The predicted octanol–water partition coefficient (Wildman–Crippen LogP) is 1.43. The molecule has 3 heterocycles. The van der Waals surface area contributed by atoms with Crippen molar-refractivity contribution in [3.05, 3.63) is 29.7 Å². The molecular formula is C12H16N4O. The van der Waals surface area contributed by atoms with Gasteiger partial charge in [0.05, 0.1) is 5.69 Å². The quantitative estimate of drug-likeness (QED) is 0.850. The van der Waals surface area contributed by atoms with Gasteiger partial charge in [0.1, 0.15) is 6.10 Å². The number of ether oxygens (including phenoxy) is 1. The molecule has 1 aliphatic heterocycles. The van der Waals surface area contributed by atoms with Crippen LogP contribution in [0.25, 0.3) is 5.65 Å². The van der Waals surface area contributed by atoms with Crippen molar-refractivity contribution in [2.24, 2.45) is 5.73 Å². The third-order valence-corrected chi connectivity index (χ3v) is 3.13. The minimum absolute atomic E-state index is 0.0503. The van der Waals surface area contributed by atoms with Gasteiger partial charge in [-0.1, -0.05) is 6.07 Å². The zero-order chi connectivity index (χ0) is 11.7. The zero-order valence-corrected chi connectivity index (χ0v) is 9.67. The van der Waals surface area contributed by atoms with E-state index >= 15 is 0 Å². The molecule has 1 atom stereocenters. The number of pyridine rings is 1. The van der Waals surface area contributed by atoms with Gasteiger partial charge in [0.15, 0.2) is 11.5 Å². The highest BCUT2D eigenvalue weighted by Gasteiger charge is 2.20. The highest BCUT2D eigenvalue weighted by molar-refractivity contribution is 5.39. The lowest BCUT2D eigenvalue weighted by molar-refractivity contribution is 0.00960. The number of fused-ring (bicyclic) bond motifs is 1. The Bertz CT molecular complexity index is 516. The summed E-state index contributed by atoms with van der Waals surface area (Å²) in [6, 6.07) is 5.86. The van der Waals surface area contributed by atoms with Crippen molar-refractivity contribution in [3.63, 3.8) is 0 Å². The molecule has 0 saturated carbocycles. The molecule has 1 fully saturated rings. The highest BCUT2D eigenvalue weighted by Crippen LogP contribution is 2.25. The molecule has 2 aromatic heterocycles. The van der Waals surface area contributed by atoms with Crippen LogP contribution in [0.5, 0.6) is 0 Å². The Balaban J connectivity index is 2.00. The first-order valence-corrected chi connectivity index (χ1v) is 6.05. The van der Waals surface area contributed by atoms with Crippen LogP contribution in [-0.4, -0.2) is 21.2 Å². The molecule has 0 aliphatic carbocycles. The first-order chi connectivity index (χ1) is 8.38. The predicted molar refractivity (Wildman–Crippen MR) is 63.4 cm³/mol. The fraction of sp³-hybridized carbons (Fsp3) is 0.500. The van der Waals surface area contributed by atoms with E-state index in [1.807, 2.05) is 22.7 Å². The van der Waals surface area contributed by atoms with Gasteiger partial charge in [-0.2, -0.15) is 0 Å². The first-order valence-electron chi connectivity index (χ1n) is 6.05. The van der Waals surface area contributed by atoms with E-state index in [9.17, 15) is 0 Å². The summed E-state index contributed by atoms with van der Waals surface area (Å²) in [4.78, 5) is 4.52. The summed E-state index contributed by atoms with van der Waals surface area (Å²) in [5.41, 5.74) is 7.50. The Hall–Kier alpha value is -1.46. The van der Waals surface area contributed by atoms with E-state index < -0.39 is 0 Å². The molecule has 0 radical (unpaired) electrons. The first kappa shape index (κ1) is 10.7. The molecule has 90 valence electrons. The molecule has 0 aromatic carbocycles. The van der Waals surface area contributed by atoms with Crippen LogP contribution in [0.15, 0.2) is 18.2 Å². The summed E-state index contributed by atoms with van der Waals surface area (Å²) in [5.74, 6) is 0.783. The molecule has 2 N–H and O–H groups in total. The van der Waals surface area contributed by atoms with Crippen molar-refractivity contribution in [1.29, 1.82) is 0 Å². The molecule has 5 heteroatoms. The third kappa shape index (κ3) is 1.92. The molecule has 5 nitrogen and oxygen atoms in total. The normalized spacial score (nSPS) is 20.9. The van der Waals surface area contributed by atoms with Crippen LogP contribution in [0.2, 0.25) is 0 Å². The van der Waals surface area contributed by atoms with Crippen LogP contribution >= 0.6 is 0 Å². The Kier molecular flexibility index (Phi) is 2.78. The van der Waals surface area contributed by atoms with Crippen LogP contribution in [0.4, 0.5) is 0 Å². The van der Waals surface area contributed by atoms with Crippen LogP contribution < -0.4 is 5.73 Å². The number of rotatable bonds is 2. The number of aromatic nitrogens is 3. The molecule has 1 unspecified atom stereocenters. The van der Waals surface area contributed by atoms with Crippen molar-refractivity contribution in [1.82, 2.24) is 14.6 Å². The molecule has 1 saturated heterocycles. The Morgan fingerprint density at radius 1 is 1.41 bits per heavy atom. The van der Waals surface area contributed by atoms with Crippen LogP contribution in [-0.2, 0) is 11.3 Å². The van der Waals surface area contributed by atoms with Gasteiger partial charge in [-0.25, -0.2) is 9.50 Å². The van der Waals surface area contributed by atoms with Gasteiger partial charge in [0, 0.05) is 13.2 Å². The minimum Gasteiger partial charge on any atom is -0.370 e.